The molecule has 2 N–H and O–H groups in total. The summed E-state index contributed by atoms with van der Waals surface area (Å²) in [5, 5.41) is 5.36. The van der Waals surface area contributed by atoms with E-state index in [9.17, 15) is 14.4 Å². The summed E-state index contributed by atoms with van der Waals surface area (Å²) in [6, 6.07) is 12.7. The summed E-state index contributed by atoms with van der Waals surface area (Å²) in [5.74, 6) is -1.03. The van der Waals surface area contributed by atoms with Crippen molar-refractivity contribution < 1.29 is 19.1 Å². The number of halogens is 1. The molecule has 0 saturated carbocycles. The monoisotopic (exact) mass is 474 g/mol. The van der Waals surface area contributed by atoms with Crippen LogP contribution in [0.3, 0.4) is 0 Å². The van der Waals surface area contributed by atoms with Gasteiger partial charge in [0.25, 0.3) is 11.8 Å². The summed E-state index contributed by atoms with van der Waals surface area (Å²) in [7, 11) is 0. The van der Waals surface area contributed by atoms with Crippen molar-refractivity contribution in [3.05, 3.63) is 63.6 Å². The average Bonchev–Trinajstić information content (AvgIpc) is 2.70. The number of hydrogen-bond acceptors (Lipinski definition) is 4. The number of hydrogen-bond donors (Lipinski definition) is 2. The number of carbonyl (C=O) groups excluding carboxylic acids is 3. The molecular weight excluding hydrogens is 448 g/mol. The van der Waals surface area contributed by atoms with Gasteiger partial charge in [-0.05, 0) is 47.2 Å². The summed E-state index contributed by atoms with van der Waals surface area (Å²) in [5.41, 5.74) is 3.26. The maximum atomic E-state index is 12.4. The average molecular weight is 475 g/mol. The lowest BCUT2D eigenvalue weighted by Crippen LogP contribution is -2.32. The molecule has 0 aliphatic carbocycles. The second-order valence-corrected chi connectivity index (χ2v) is 8.43. The van der Waals surface area contributed by atoms with Crippen LogP contribution in [0.5, 0.6) is 0 Å². The largest absolute Gasteiger partial charge is 0.454 e. The van der Waals surface area contributed by atoms with Crippen LogP contribution in [0.2, 0.25) is 0 Å². The number of nitrogens with one attached hydrogen (secondary N) is 2. The zero-order valence-corrected chi connectivity index (χ0v) is 19.2. The van der Waals surface area contributed by atoms with Crippen LogP contribution in [-0.2, 0) is 14.3 Å². The van der Waals surface area contributed by atoms with Crippen molar-refractivity contribution >= 4 is 39.4 Å². The number of carbonyl (C=O) groups is 3. The summed E-state index contributed by atoms with van der Waals surface area (Å²) in [4.78, 5) is 36.3. The number of rotatable bonds is 8. The van der Waals surface area contributed by atoms with Crippen molar-refractivity contribution in [2.24, 2.45) is 0 Å². The number of anilines is 1. The van der Waals surface area contributed by atoms with Gasteiger partial charge in [-0.1, -0.05) is 61.8 Å². The molecule has 2 aromatic carbocycles. The first-order chi connectivity index (χ1) is 14.2. The van der Waals surface area contributed by atoms with Gasteiger partial charge in [0, 0.05) is 15.7 Å². The number of ether oxygens (including phenoxy) is 1. The molecule has 7 heteroatoms. The standard InChI is InChI=1S/C23H27BrN2O4/c1-14(2)18-6-5-7-19(15(3)4)22(18)26-20(27)13-30-21(28)12-25-23(29)16-8-10-17(24)11-9-16/h5-11,14-15H,12-13H2,1-4H3,(H,25,29)(H,26,27). The topological polar surface area (TPSA) is 84.5 Å². The minimum absolute atomic E-state index is 0.232. The number of esters is 1. The van der Waals surface area contributed by atoms with Gasteiger partial charge in [-0.3, -0.25) is 14.4 Å². The second-order valence-electron chi connectivity index (χ2n) is 7.52. The van der Waals surface area contributed by atoms with Crippen molar-refractivity contribution in [1.82, 2.24) is 5.32 Å². The molecule has 0 aliphatic heterocycles. The molecule has 0 fully saturated rings. The molecule has 0 spiro atoms. The van der Waals surface area contributed by atoms with Crippen LogP contribution in [0.15, 0.2) is 46.9 Å². The third kappa shape index (κ3) is 6.69. The van der Waals surface area contributed by atoms with E-state index in [4.69, 9.17) is 4.74 Å². The molecule has 0 atom stereocenters. The summed E-state index contributed by atoms with van der Waals surface area (Å²) >= 11 is 3.30. The van der Waals surface area contributed by atoms with Gasteiger partial charge in [0.05, 0.1) is 0 Å². The minimum atomic E-state index is -0.683. The van der Waals surface area contributed by atoms with Crippen LogP contribution in [0, 0.1) is 0 Å². The molecule has 0 radical (unpaired) electrons. The summed E-state index contributed by atoms with van der Waals surface area (Å²) < 4.78 is 5.86. The third-order valence-electron chi connectivity index (χ3n) is 4.50. The Labute approximate surface area is 185 Å². The number of para-hydroxylation sites is 1. The summed E-state index contributed by atoms with van der Waals surface area (Å²) in [6.07, 6.45) is 0. The van der Waals surface area contributed by atoms with E-state index in [0.29, 0.717) is 5.56 Å². The molecule has 160 valence electrons. The fourth-order valence-electron chi connectivity index (χ4n) is 2.92. The van der Waals surface area contributed by atoms with Crippen molar-refractivity contribution in [3.8, 4) is 0 Å². The van der Waals surface area contributed by atoms with E-state index in [1.54, 1.807) is 24.3 Å². The highest BCUT2D eigenvalue weighted by Gasteiger charge is 2.17. The Morgan fingerprint density at radius 2 is 1.50 bits per heavy atom. The quantitative estimate of drug-likeness (QED) is 0.547. The fraction of sp³-hybridized carbons (Fsp3) is 0.348. The Bertz CT molecular complexity index is 882. The van der Waals surface area contributed by atoms with E-state index in [1.165, 1.54) is 0 Å². The highest BCUT2D eigenvalue weighted by atomic mass is 79.9. The molecule has 0 saturated heterocycles. The van der Waals surface area contributed by atoms with E-state index < -0.39 is 24.4 Å². The third-order valence-corrected chi connectivity index (χ3v) is 5.03. The molecule has 2 amide bonds. The lowest BCUT2D eigenvalue weighted by atomic mass is 9.92. The molecule has 0 aliphatic rings. The van der Waals surface area contributed by atoms with E-state index in [1.807, 2.05) is 18.2 Å². The Morgan fingerprint density at radius 3 is 2.03 bits per heavy atom. The van der Waals surface area contributed by atoms with Crippen LogP contribution in [-0.4, -0.2) is 30.9 Å². The SMILES string of the molecule is CC(C)c1cccc(C(C)C)c1NC(=O)COC(=O)CNC(=O)c1ccc(Br)cc1. The predicted octanol–water partition coefficient (Wildman–Crippen LogP) is 4.61. The Hall–Kier alpha value is -2.67. The molecule has 2 aromatic rings. The van der Waals surface area contributed by atoms with Crippen LogP contribution in [0.4, 0.5) is 5.69 Å². The van der Waals surface area contributed by atoms with Gasteiger partial charge in [0.1, 0.15) is 6.54 Å². The second kappa shape index (κ2) is 10.9. The maximum absolute atomic E-state index is 12.4. The van der Waals surface area contributed by atoms with Crippen LogP contribution < -0.4 is 10.6 Å². The maximum Gasteiger partial charge on any atom is 0.325 e. The lowest BCUT2D eigenvalue weighted by molar-refractivity contribution is -0.146. The molecule has 0 bridgehead atoms. The number of benzene rings is 2. The van der Waals surface area contributed by atoms with Crippen LogP contribution >= 0.6 is 15.9 Å². The lowest BCUT2D eigenvalue weighted by Gasteiger charge is -2.20. The van der Waals surface area contributed by atoms with Crippen LogP contribution in [0.25, 0.3) is 0 Å². The van der Waals surface area contributed by atoms with Gasteiger partial charge < -0.3 is 15.4 Å². The van der Waals surface area contributed by atoms with E-state index >= 15 is 0 Å². The van der Waals surface area contributed by atoms with Gasteiger partial charge >= 0.3 is 5.97 Å². The van der Waals surface area contributed by atoms with Gasteiger partial charge in [-0.15, -0.1) is 0 Å². The highest BCUT2D eigenvalue weighted by molar-refractivity contribution is 9.10. The zero-order valence-electron chi connectivity index (χ0n) is 17.6. The molecular formula is C23H27BrN2O4. The van der Waals surface area contributed by atoms with Gasteiger partial charge in [0.15, 0.2) is 6.61 Å². The summed E-state index contributed by atoms with van der Waals surface area (Å²) in [6.45, 7) is 7.50. The predicted molar refractivity (Wildman–Crippen MR) is 121 cm³/mol. The molecule has 0 aromatic heterocycles. The van der Waals surface area contributed by atoms with Crippen molar-refractivity contribution in [2.75, 3.05) is 18.5 Å². The van der Waals surface area contributed by atoms with E-state index in [0.717, 1.165) is 21.3 Å². The normalized spacial score (nSPS) is 10.8. The first kappa shape index (κ1) is 23.6. The molecule has 0 unspecified atom stereocenters. The number of amides is 2. The first-order valence-electron chi connectivity index (χ1n) is 9.81. The van der Waals surface area contributed by atoms with Crippen molar-refractivity contribution in [2.45, 2.75) is 39.5 Å². The van der Waals surface area contributed by atoms with Crippen molar-refractivity contribution in [1.29, 1.82) is 0 Å². The Morgan fingerprint density at radius 1 is 0.933 bits per heavy atom. The minimum Gasteiger partial charge on any atom is -0.454 e. The molecule has 30 heavy (non-hydrogen) atoms. The first-order valence-corrected chi connectivity index (χ1v) is 10.6. The van der Waals surface area contributed by atoms with E-state index in [-0.39, 0.29) is 18.4 Å². The van der Waals surface area contributed by atoms with Crippen LogP contribution in [0.1, 0.15) is 61.0 Å². The Balaban J connectivity index is 1.89. The molecule has 2 rings (SSSR count). The zero-order chi connectivity index (χ0) is 22.3. The highest BCUT2D eigenvalue weighted by Crippen LogP contribution is 2.32. The van der Waals surface area contributed by atoms with E-state index in [2.05, 4.69) is 54.3 Å². The molecule has 0 heterocycles. The van der Waals surface area contributed by atoms with Crippen molar-refractivity contribution in [3.63, 3.8) is 0 Å². The molecule has 6 nitrogen and oxygen atoms in total. The Kier molecular flexibility index (Phi) is 8.59. The smallest absolute Gasteiger partial charge is 0.325 e. The van der Waals surface area contributed by atoms with Gasteiger partial charge in [-0.2, -0.15) is 0 Å². The van der Waals surface area contributed by atoms with Gasteiger partial charge in [0.2, 0.25) is 0 Å². The fourth-order valence-corrected chi connectivity index (χ4v) is 3.19. The van der Waals surface area contributed by atoms with Gasteiger partial charge in [-0.25, -0.2) is 0 Å².